The third-order valence-electron chi connectivity index (χ3n) is 5.24. The van der Waals surface area contributed by atoms with Crippen molar-refractivity contribution in [2.45, 2.75) is 34.1 Å². The fraction of sp³-hybridized carbons (Fsp3) is 0.458. The number of aryl methyl sites for hydroxylation is 1. The molecule has 3 rings (SSSR count). The number of nitrogens with two attached hydrogens (primary N) is 1. The van der Waals surface area contributed by atoms with Crippen molar-refractivity contribution in [1.29, 1.82) is 0 Å². The molecule has 4 N–H and O–H groups in total. The van der Waals surface area contributed by atoms with Crippen LogP contribution >= 0.6 is 23.1 Å². The fourth-order valence-corrected chi connectivity index (χ4v) is 4.81. The van der Waals surface area contributed by atoms with Gasteiger partial charge >= 0.3 is 6.03 Å². The van der Waals surface area contributed by atoms with Crippen molar-refractivity contribution in [3.63, 3.8) is 0 Å². The van der Waals surface area contributed by atoms with Crippen LogP contribution in [-0.2, 0) is 6.42 Å². The van der Waals surface area contributed by atoms with E-state index in [1.807, 2.05) is 69.9 Å². The number of anilines is 1. The van der Waals surface area contributed by atoms with E-state index in [1.165, 1.54) is 22.8 Å². The summed E-state index contributed by atoms with van der Waals surface area (Å²) in [4.78, 5) is 25.3. The first kappa shape index (κ1) is 25.3. The molecule has 0 spiro atoms. The first-order chi connectivity index (χ1) is 15.7. The molecule has 1 aromatic heterocycles. The van der Waals surface area contributed by atoms with Gasteiger partial charge in [0.15, 0.2) is 5.13 Å². The summed E-state index contributed by atoms with van der Waals surface area (Å²) in [6.45, 7) is 11.4. The van der Waals surface area contributed by atoms with Gasteiger partial charge in [-0.15, -0.1) is 11.3 Å². The topological polar surface area (TPSA) is 95.6 Å². The summed E-state index contributed by atoms with van der Waals surface area (Å²) in [6.07, 6.45) is 4.50. The number of hydrogen-bond donors (Lipinski definition) is 3. The Morgan fingerprint density at radius 1 is 1.24 bits per heavy atom. The first-order valence-corrected chi connectivity index (χ1v) is 13.1. The summed E-state index contributed by atoms with van der Waals surface area (Å²) < 4.78 is 0. The minimum atomic E-state index is -0.396. The molecule has 178 valence electrons. The molecule has 2 amide bonds. The van der Waals surface area contributed by atoms with E-state index in [4.69, 9.17) is 5.73 Å². The molecular formula is C24H34N6OS2. The minimum Gasteiger partial charge on any atom is -0.401 e. The van der Waals surface area contributed by atoms with Gasteiger partial charge in [-0.25, -0.2) is 14.8 Å². The van der Waals surface area contributed by atoms with Crippen LogP contribution in [0.5, 0.6) is 0 Å². The van der Waals surface area contributed by atoms with E-state index in [9.17, 15) is 4.79 Å². The summed E-state index contributed by atoms with van der Waals surface area (Å²) in [5.74, 6) is 2.79. The lowest BCUT2D eigenvalue weighted by molar-refractivity contribution is 0.256. The molecule has 7 nitrogen and oxygen atoms in total. The normalized spacial score (nSPS) is 16.0. The number of carbonyl (C=O) groups is 1. The molecule has 9 heteroatoms. The largest absolute Gasteiger partial charge is 0.401 e. The van der Waals surface area contributed by atoms with Crippen molar-refractivity contribution in [2.24, 2.45) is 16.1 Å². The smallest absolute Gasteiger partial charge is 0.326 e. The number of allylic oxidation sites excluding steroid dienone is 1. The fourth-order valence-electron chi connectivity index (χ4n) is 3.04. The zero-order valence-electron chi connectivity index (χ0n) is 19.9. The van der Waals surface area contributed by atoms with Gasteiger partial charge in [-0.3, -0.25) is 10.6 Å². The zero-order chi connectivity index (χ0) is 23.8. The number of carbonyl (C=O) groups excluding carboxylic acids is 1. The van der Waals surface area contributed by atoms with Crippen LogP contribution in [0.4, 0.5) is 15.6 Å². The number of benzene rings is 1. The average molecular weight is 487 g/mol. The van der Waals surface area contributed by atoms with Gasteiger partial charge in [0.1, 0.15) is 5.84 Å². The van der Waals surface area contributed by atoms with E-state index in [0.29, 0.717) is 16.7 Å². The summed E-state index contributed by atoms with van der Waals surface area (Å²) in [7, 11) is 0. The summed E-state index contributed by atoms with van der Waals surface area (Å²) >= 11 is 3.52. The number of nitrogens with zero attached hydrogens (tertiary/aromatic N) is 3. The number of thioether (sulfide) groups is 1. The Labute approximate surface area is 205 Å². The van der Waals surface area contributed by atoms with Crippen LogP contribution < -0.4 is 16.4 Å². The molecule has 2 aromatic rings. The Morgan fingerprint density at radius 2 is 1.94 bits per heavy atom. The number of aliphatic imine (C=N–C) groups is 1. The minimum absolute atomic E-state index is 0.247. The Hall–Kier alpha value is -2.36. The Bertz CT molecular complexity index is 985. The average Bonchev–Trinajstić information content (AvgIpc) is 3.21. The molecule has 0 unspecified atom stereocenters. The molecule has 1 saturated heterocycles. The van der Waals surface area contributed by atoms with Gasteiger partial charge in [-0.1, -0.05) is 38.5 Å². The molecule has 0 saturated carbocycles. The van der Waals surface area contributed by atoms with Gasteiger partial charge in [0.25, 0.3) is 0 Å². The molecule has 1 aliphatic rings. The number of nitrogens with one attached hydrogen (secondary N) is 2. The molecule has 33 heavy (non-hydrogen) atoms. The molecule has 0 bridgehead atoms. The maximum Gasteiger partial charge on any atom is 0.326 e. The molecule has 1 aliphatic heterocycles. The van der Waals surface area contributed by atoms with Gasteiger partial charge in [0, 0.05) is 59.4 Å². The third kappa shape index (κ3) is 8.49. The lowest BCUT2D eigenvalue weighted by Gasteiger charge is -2.25. The molecule has 1 fully saturated rings. The third-order valence-corrected chi connectivity index (χ3v) is 7.15. The van der Waals surface area contributed by atoms with Crippen LogP contribution in [0.2, 0.25) is 0 Å². The number of hydrogen-bond acceptors (Lipinski definition) is 7. The van der Waals surface area contributed by atoms with E-state index in [0.717, 1.165) is 42.2 Å². The number of amidine groups is 1. The van der Waals surface area contributed by atoms with Crippen LogP contribution in [0.25, 0.3) is 0 Å². The zero-order valence-corrected chi connectivity index (χ0v) is 21.5. The molecular weight excluding hydrogens is 452 g/mol. The van der Waals surface area contributed by atoms with E-state index in [-0.39, 0.29) is 5.41 Å². The number of rotatable bonds is 6. The highest BCUT2D eigenvalue weighted by molar-refractivity contribution is 7.99. The van der Waals surface area contributed by atoms with Crippen molar-refractivity contribution in [2.75, 3.05) is 36.5 Å². The second-order valence-corrected chi connectivity index (χ2v) is 11.4. The number of aromatic nitrogens is 1. The van der Waals surface area contributed by atoms with Gasteiger partial charge in [0.05, 0.1) is 5.69 Å². The number of thiazole rings is 1. The van der Waals surface area contributed by atoms with E-state index < -0.39 is 6.03 Å². The summed E-state index contributed by atoms with van der Waals surface area (Å²) in [6, 6.07) is 7.38. The first-order valence-electron chi connectivity index (χ1n) is 11.1. The maximum atomic E-state index is 12.7. The lowest BCUT2D eigenvalue weighted by Crippen LogP contribution is -2.34. The standard InChI is InChI=1S/C24H34N6OS2/c1-17-5-7-18(8-6-17)27-21(15-20(25)24(2,3)4)28-22(31)29-23-26-16-19(33-23)9-10-30-11-13-32-14-12-30/h5-8,15-16H,9-14,25H2,1-4H3,(H2,26,27,28,29,31). The second kappa shape index (κ2) is 11.7. The monoisotopic (exact) mass is 486 g/mol. The van der Waals surface area contributed by atoms with Gasteiger partial charge in [-0.2, -0.15) is 11.8 Å². The van der Waals surface area contributed by atoms with Crippen molar-refractivity contribution < 1.29 is 4.79 Å². The molecule has 0 atom stereocenters. The highest BCUT2D eigenvalue weighted by Crippen LogP contribution is 2.22. The predicted molar refractivity (Wildman–Crippen MR) is 142 cm³/mol. The van der Waals surface area contributed by atoms with Crippen molar-refractivity contribution in [3.05, 3.63) is 52.7 Å². The second-order valence-electron chi connectivity index (χ2n) is 9.10. The van der Waals surface area contributed by atoms with Crippen molar-refractivity contribution >= 4 is 45.8 Å². The Kier molecular flexibility index (Phi) is 8.94. The molecule has 1 aromatic carbocycles. The molecule has 0 radical (unpaired) electrons. The molecule has 2 heterocycles. The predicted octanol–water partition coefficient (Wildman–Crippen LogP) is 4.78. The van der Waals surface area contributed by atoms with Crippen molar-refractivity contribution in [1.82, 2.24) is 15.2 Å². The van der Waals surface area contributed by atoms with Crippen molar-refractivity contribution in [3.8, 4) is 0 Å². The van der Waals surface area contributed by atoms with Crippen LogP contribution in [0.15, 0.2) is 47.2 Å². The van der Waals surface area contributed by atoms with Crippen LogP contribution in [0, 0.1) is 12.3 Å². The lowest BCUT2D eigenvalue weighted by atomic mass is 9.92. The van der Waals surface area contributed by atoms with E-state index >= 15 is 0 Å². The summed E-state index contributed by atoms with van der Waals surface area (Å²) in [5, 5.41) is 6.22. The highest BCUT2D eigenvalue weighted by Gasteiger charge is 2.16. The Balaban J connectivity index is 1.64. The van der Waals surface area contributed by atoms with Gasteiger partial charge < -0.3 is 10.6 Å². The quantitative estimate of drug-likeness (QED) is 0.403. The van der Waals surface area contributed by atoms with Crippen LogP contribution in [0.3, 0.4) is 0 Å². The van der Waals surface area contributed by atoms with E-state index in [1.54, 1.807) is 6.08 Å². The highest BCUT2D eigenvalue weighted by atomic mass is 32.2. The van der Waals surface area contributed by atoms with Crippen LogP contribution in [0.1, 0.15) is 31.2 Å². The maximum absolute atomic E-state index is 12.7. The number of amides is 2. The van der Waals surface area contributed by atoms with Gasteiger partial charge in [0.2, 0.25) is 0 Å². The summed E-state index contributed by atoms with van der Waals surface area (Å²) in [5.41, 5.74) is 8.51. The SMILES string of the molecule is Cc1ccc(N=C(C=C(N)C(C)(C)C)NC(=O)Nc2ncc(CCN3CCSCC3)s2)cc1. The van der Waals surface area contributed by atoms with Gasteiger partial charge in [-0.05, 0) is 25.5 Å². The number of urea groups is 1. The van der Waals surface area contributed by atoms with E-state index in [2.05, 4.69) is 25.5 Å². The molecule has 0 aliphatic carbocycles. The Morgan fingerprint density at radius 3 is 2.61 bits per heavy atom. The van der Waals surface area contributed by atoms with Crippen LogP contribution in [-0.4, -0.2) is 52.9 Å².